The first kappa shape index (κ1) is 14.4. The van der Waals surface area contributed by atoms with Gasteiger partial charge in [-0.3, -0.25) is 4.90 Å². The van der Waals surface area contributed by atoms with Crippen molar-refractivity contribution >= 4 is 0 Å². The van der Waals surface area contributed by atoms with Gasteiger partial charge >= 0.3 is 0 Å². The molecule has 19 heavy (non-hydrogen) atoms. The summed E-state index contributed by atoms with van der Waals surface area (Å²) in [5.41, 5.74) is 1.28. The molecule has 1 heterocycles. The first-order valence-corrected chi connectivity index (χ1v) is 7.51. The van der Waals surface area contributed by atoms with E-state index >= 15 is 0 Å². The maximum Gasteiger partial charge on any atom is 0.115 e. The van der Waals surface area contributed by atoms with Crippen LogP contribution in [0.2, 0.25) is 0 Å². The zero-order valence-corrected chi connectivity index (χ0v) is 11.9. The molecule has 0 amide bonds. The van der Waals surface area contributed by atoms with Gasteiger partial charge in [-0.25, -0.2) is 0 Å². The Morgan fingerprint density at radius 1 is 1.32 bits per heavy atom. The lowest BCUT2D eigenvalue weighted by atomic mass is 10.1. The molecule has 3 nitrogen and oxygen atoms in total. The van der Waals surface area contributed by atoms with Gasteiger partial charge in [0.2, 0.25) is 0 Å². The van der Waals surface area contributed by atoms with Crippen LogP contribution in [-0.2, 0) is 6.54 Å². The summed E-state index contributed by atoms with van der Waals surface area (Å²) in [6.07, 6.45) is 5.11. The lowest BCUT2D eigenvalue weighted by Gasteiger charge is -2.25. The fourth-order valence-electron chi connectivity index (χ4n) is 2.70. The molecule has 1 aromatic rings. The fraction of sp³-hybridized carbons (Fsp3) is 0.625. The molecule has 0 spiro atoms. The predicted octanol–water partition coefficient (Wildman–Crippen LogP) is 2.75. The highest BCUT2D eigenvalue weighted by atomic mass is 16.3. The summed E-state index contributed by atoms with van der Waals surface area (Å²) in [4.78, 5) is 2.54. The Labute approximate surface area is 116 Å². The van der Waals surface area contributed by atoms with Gasteiger partial charge in [0, 0.05) is 19.1 Å². The van der Waals surface area contributed by atoms with Gasteiger partial charge in [-0.2, -0.15) is 0 Å². The van der Waals surface area contributed by atoms with Gasteiger partial charge in [-0.1, -0.05) is 25.5 Å². The Morgan fingerprint density at radius 2 is 2.11 bits per heavy atom. The van der Waals surface area contributed by atoms with Crippen molar-refractivity contribution < 1.29 is 5.11 Å². The van der Waals surface area contributed by atoms with E-state index in [2.05, 4.69) is 17.1 Å². The molecule has 0 radical (unpaired) electrons. The van der Waals surface area contributed by atoms with Gasteiger partial charge in [-0.15, -0.1) is 0 Å². The molecule has 0 bridgehead atoms. The van der Waals surface area contributed by atoms with E-state index in [9.17, 15) is 5.11 Å². The van der Waals surface area contributed by atoms with Gasteiger partial charge in [0.25, 0.3) is 0 Å². The first-order valence-electron chi connectivity index (χ1n) is 7.51. The van der Waals surface area contributed by atoms with E-state index in [-0.39, 0.29) is 0 Å². The van der Waals surface area contributed by atoms with Gasteiger partial charge in [0.05, 0.1) is 0 Å². The van der Waals surface area contributed by atoms with E-state index in [1.165, 1.54) is 37.8 Å². The summed E-state index contributed by atoms with van der Waals surface area (Å²) in [5, 5.41) is 12.9. The van der Waals surface area contributed by atoms with Crippen LogP contribution in [-0.4, -0.2) is 35.7 Å². The molecule has 2 rings (SSSR count). The Hall–Kier alpha value is -1.06. The smallest absolute Gasteiger partial charge is 0.115 e. The maximum absolute atomic E-state index is 9.34. The molecule has 0 saturated carbocycles. The molecular formula is C16H26N2O. The van der Waals surface area contributed by atoms with Gasteiger partial charge in [-0.05, 0) is 50.0 Å². The molecule has 1 aliphatic heterocycles. The molecule has 1 saturated heterocycles. The van der Waals surface area contributed by atoms with Crippen LogP contribution in [0.4, 0.5) is 0 Å². The highest BCUT2D eigenvalue weighted by Gasteiger charge is 2.17. The van der Waals surface area contributed by atoms with E-state index in [1.807, 2.05) is 12.1 Å². The van der Waals surface area contributed by atoms with E-state index in [4.69, 9.17) is 0 Å². The number of unbranched alkanes of at least 4 members (excludes halogenated alkanes) is 1. The van der Waals surface area contributed by atoms with Crippen LogP contribution in [0.15, 0.2) is 24.3 Å². The third kappa shape index (κ3) is 4.84. The van der Waals surface area contributed by atoms with Crippen LogP contribution in [0, 0.1) is 0 Å². The molecule has 2 N–H and O–H groups in total. The minimum Gasteiger partial charge on any atom is -0.508 e. The quantitative estimate of drug-likeness (QED) is 0.793. The molecule has 106 valence electrons. The third-order valence-electron chi connectivity index (χ3n) is 3.81. The van der Waals surface area contributed by atoms with Crippen LogP contribution in [0.25, 0.3) is 0 Å². The number of aromatic hydroxyl groups is 1. The van der Waals surface area contributed by atoms with E-state index in [0.29, 0.717) is 11.8 Å². The van der Waals surface area contributed by atoms with Crippen molar-refractivity contribution in [3.63, 3.8) is 0 Å². The van der Waals surface area contributed by atoms with Crippen LogP contribution in [0.1, 0.15) is 38.2 Å². The van der Waals surface area contributed by atoms with Gasteiger partial charge in [0.15, 0.2) is 0 Å². The molecular weight excluding hydrogens is 236 g/mol. The average Bonchev–Trinajstić information content (AvgIpc) is 2.91. The molecule has 1 aliphatic rings. The Bertz CT molecular complexity index is 358. The largest absolute Gasteiger partial charge is 0.508 e. The number of phenolic OH excluding ortho intramolecular Hbond substituents is 1. The zero-order chi connectivity index (χ0) is 13.5. The van der Waals surface area contributed by atoms with Gasteiger partial charge < -0.3 is 10.4 Å². The Morgan fingerprint density at radius 3 is 2.74 bits per heavy atom. The molecule has 1 fully saturated rings. The molecule has 0 aromatic heterocycles. The van der Waals surface area contributed by atoms with Crippen molar-refractivity contribution in [3.8, 4) is 5.75 Å². The van der Waals surface area contributed by atoms with Crippen molar-refractivity contribution in [2.45, 2.75) is 45.2 Å². The van der Waals surface area contributed by atoms with Crippen molar-refractivity contribution in [2.24, 2.45) is 0 Å². The Balaban J connectivity index is 1.89. The molecule has 1 unspecified atom stereocenters. The maximum atomic E-state index is 9.34. The van der Waals surface area contributed by atoms with Gasteiger partial charge in [0.1, 0.15) is 5.75 Å². The third-order valence-corrected chi connectivity index (χ3v) is 3.81. The van der Waals surface area contributed by atoms with Crippen LogP contribution in [0.3, 0.4) is 0 Å². The van der Waals surface area contributed by atoms with Crippen molar-refractivity contribution in [1.29, 1.82) is 0 Å². The minimum absolute atomic E-state index is 0.348. The Kier molecular flexibility index (Phi) is 5.67. The highest BCUT2D eigenvalue weighted by molar-refractivity contribution is 5.25. The highest BCUT2D eigenvalue weighted by Crippen LogP contribution is 2.14. The van der Waals surface area contributed by atoms with Crippen molar-refractivity contribution in [2.75, 3.05) is 19.6 Å². The monoisotopic (exact) mass is 262 g/mol. The zero-order valence-electron chi connectivity index (χ0n) is 11.9. The average molecular weight is 262 g/mol. The SMILES string of the molecule is CCCCN(Cc1ccc(O)cc1)CC1CCCN1. The number of rotatable bonds is 7. The standard InChI is InChI=1S/C16H26N2O/c1-2-3-11-18(13-15-5-4-10-17-15)12-14-6-8-16(19)9-7-14/h6-9,15,17,19H,2-5,10-13H2,1H3. The number of hydrogen-bond acceptors (Lipinski definition) is 3. The number of phenols is 1. The predicted molar refractivity (Wildman–Crippen MR) is 79.3 cm³/mol. The second-order valence-corrected chi connectivity index (χ2v) is 5.55. The summed E-state index contributed by atoms with van der Waals surface area (Å²) in [6.45, 7) is 6.70. The molecule has 1 aromatic carbocycles. The van der Waals surface area contributed by atoms with E-state index in [1.54, 1.807) is 12.1 Å². The fourth-order valence-corrected chi connectivity index (χ4v) is 2.70. The topological polar surface area (TPSA) is 35.5 Å². The normalized spacial score (nSPS) is 19.2. The number of nitrogens with one attached hydrogen (secondary N) is 1. The summed E-state index contributed by atoms with van der Waals surface area (Å²) < 4.78 is 0. The lowest BCUT2D eigenvalue weighted by Crippen LogP contribution is -2.37. The second kappa shape index (κ2) is 7.51. The minimum atomic E-state index is 0.348. The van der Waals surface area contributed by atoms with Crippen molar-refractivity contribution in [3.05, 3.63) is 29.8 Å². The number of nitrogens with zero attached hydrogens (tertiary/aromatic N) is 1. The van der Waals surface area contributed by atoms with Crippen LogP contribution < -0.4 is 5.32 Å². The summed E-state index contributed by atoms with van der Waals surface area (Å²) >= 11 is 0. The summed E-state index contributed by atoms with van der Waals surface area (Å²) in [7, 11) is 0. The summed E-state index contributed by atoms with van der Waals surface area (Å²) in [5.74, 6) is 0.348. The number of hydrogen-bond donors (Lipinski definition) is 2. The summed E-state index contributed by atoms with van der Waals surface area (Å²) in [6, 6.07) is 8.27. The molecule has 1 atom stereocenters. The number of benzene rings is 1. The van der Waals surface area contributed by atoms with Crippen LogP contribution in [0.5, 0.6) is 5.75 Å². The van der Waals surface area contributed by atoms with Crippen LogP contribution >= 0.6 is 0 Å². The second-order valence-electron chi connectivity index (χ2n) is 5.55. The lowest BCUT2D eigenvalue weighted by molar-refractivity contribution is 0.237. The molecule has 3 heteroatoms. The first-order chi connectivity index (χ1) is 9.28. The molecule has 0 aliphatic carbocycles. The van der Waals surface area contributed by atoms with Crippen molar-refractivity contribution in [1.82, 2.24) is 10.2 Å². The van der Waals surface area contributed by atoms with E-state index < -0.39 is 0 Å². The van der Waals surface area contributed by atoms with E-state index in [0.717, 1.165) is 19.6 Å².